The number of nitrogens with two attached hydrogens (primary N) is 1. The van der Waals surface area contributed by atoms with Crippen molar-refractivity contribution in [1.82, 2.24) is 4.37 Å². The summed E-state index contributed by atoms with van der Waals surface area (Å²) in [6, 6.07) is 0. The molecule has 0 aromatic carbocycles. The number of carbonyl (C=O) groups excluding carboxylic acids is 1. The fourth-order valence-electron chi connectivity index (χ4n) is 1.15. The minimum Gasteiger partial charge on any atom is -0.456 e. The van der Waals surface area contributed by atoms with Gasteiger partial charge in [-0.15, -0.1) is 0 Å². The van der Waals surface area contributed by atoms with E-state index in [4.69, 9.17) is 15.2 Å². The highest BCUT2D eigenvalue weighted by atomic mass is 32.1. The third-order valence-electron chi connectivity index (χ3n) is 1.80. The molecule has 1 rings (SSSR count). The Hall–Kier alpha value is -1.14. The molecular weight excluding hydrogens is 216 g/mol. The molecule has 0 radical (unpaired) electrons. The number of nitrogen functional groups attached to an aromatic ring is 1. The van der Waals surface area contributed by atoms with Crippen LogP contribution in [-0.4, -0.2) is 30.2 Å². The van der Waals surface area contributed by atoms with Crippen molar-refractivity contribution in [3.05, 3.63) is 11.3 Å². The summed E-state index contributed by atoms with van der Waals surface area (Å²) in [5, 5.41) is 0.391. The number of aryl methyl sites for hydroxylation is 1. The molecule has 1 unspecified atom stereocenters. The first-order chi connectivity index (χ1) is 7.06. The van der Waals surface area contributed by atoms with Crippen LogP contribution in [0, 0.1) is 6.92 Å². The molecule has 1 aromatic rings. The standard InChI is InChI=1S/C9H14N2O3S/c1-5(4-13-3)14-9(12)7-6(2)11-15-8(7)10/h5H,4,10H2,1-3H3. The van der Waals surface area contributed by atoms with Crippen LogP contribution in [0.1, 0.15) is 23.0 Å². The highest BCUT2D eigenvalue weighted by Gasteiger charge is 2.19. The van der Waals surface area contributed by atoms with Crippen LogP contribution in [0.25, 0.3) is 0 Å². The summed E-state index contributed by atoms with van der Waals surface area (Å²) in [5.74, 6) is -0.441. The van der Waals surface area contributed by atoms with Crippen molar-refractivity contribution >= 4 is 22.5 Å². The van der Waals surface area contributed by atoms with Crippen LogP contribution in [0.5, 0.6) is 0 Å². The van der Waals surface area contributed by atoms with Crippen LogP contribution in [-0.2, 0) is 9.47 Å². The summed E-state index contributed by atoms with van der Waals surface area (Å²) in [6.07, 6.45) is -0.291. The summed E-state index contributed by atoms with van der Waals surface area (Å²) in [5.41, 5.74) is 6.58. The van der Waals surface area contributed by atoms with E-state index in [-0.39, 0.29) is 6.10 Å². The van der Waals surface area contributed by atoms with Crippen LogP contribution >= 0.6 is 11.5 Å². The van der Waals surface area contributed by atoms with Gasteiger partial charge >= 0.3 is 5.97 Å². The number of ether oxygens (including phenoxy) is 2. The Kier molecular flexibility index (Phi) is 4.05. The lowest BCUT2D eigenvalue weighted by atomic mass is 10.2. The average molecular weight is 230 g/mol. The number of hydrogen-bond acceptors (Lipinski definition) is 6. The minimum absolute atomic E-state index is 0.291. The van der Waals surface area contributed by atoms with Gasteiger partial charge in [0.2, 0.25) is 0 Å². The molecule has 0 bridgehead atoms. The van der Waals surface area contributed by atoms with Gasteiger partial charge in [0.1, 0.15) is 16.7 Å². The van der Waals surface area contributed by atoms with Gasteiger partial charge in [0.15, 0.2) is 0 Å². The smallest absolute Gasteiger partial charge is 0.343 e. The van der Waals surface area contributed by atoms with E-state index >= 15 is 0 Å². The van der Waals surface area contributed by atoms with Crippen LogP contribution in [0.2, 0.25) is 0 Å². The summed E-state index contributed by atoms with van der Waals surface area (Å²) in [7, 11) is 1.55. The van der Waals surface area contributed by atoms with Crippen molar-refractivity contribution < 1.29 is 14.3 Å². The van der Waals surface area contributed by atoms with Crippen LogP contribution < -0.4 is 5.73 Å². The quantitative estimate of drug-likeness (QED) is 0.787. The maximum atomic E-state index is 11.6. The van der Waals surface area contributed by atoms with Crippen molar-refractivity contribution in [2.45, 2.75) is 20.0 Å². The van der Waals surface area contributed by atoms with Crippen molar-refractivity contribution in [3.63, 3.8) is 0 Å². The third kappa shape index (κ3) is 2.90. The van der Waals surface area contributed by atoms with E-state index in [0.717, 1.165) is 11.5 Å². The molecule has 5 nitrogen and oxygen atoms in total. The molecule has 0 aliphatic heterocycles. The van der Waals surface area contributed by atoms with Crippen molar-refractivity contribution in [1.29, 1.82) is 0 Å². The summed E-state index contributed by atoms with van der Waals surface area (Å²) in [4.78, 5) is 11.6. The molecule has 1 atom stereocenters. The second kappa shape index (κ2) is 5.09. The lowest BCUT2D eigenvalue weighted by molar-refractivity contribution is 0.0121. The predicted octanol–water partition coefficient (Wildman–Crippen LogP) is 1.23. The van der Waals surface area contributed by atoms with Gasteiger partial charge < -0.3 is 15.2 Å². The SMILES string of the molecule is COCC(C)OC(=O)c1c(C)nsc1N. The number of hydrogen-bond donors (Lipinski definition) is 1. The molecule has 0 amide bonds. The van der Waals surface area contributed by atoms with Gasteiger partial charge in [-0.3, -0.25) is 0 Å². The van der Waals surface area contributed by atoms with Crippen LogP contribution in [0.3, 0.4) is 0 Å². The molecule has 15 heavy (non-hydrogen) atoms. The molecule has 0 spiro atoms. The summed E-state index contributed by atoms with van der Waals surface area (Å²) in [6.45, 7) is 3.85. The summed E-state index contributed by atoms with van der Waals surface area (Å²) < 4.78 is 14.0. The molecule has 0 aliphatic rings. The second-order valence-corrected chi connectivity index (χ2v) is 3.98. The number of carbonyl (C=O) groups is 1. The van der Waals surface area contributed by atoms with E-state index in [2.05, 4.69) is 4.37 Å². The normalized spacial score (nSPS) is 12.5. The topological polar surface area (TPSA) is 74.4 Å². The fourth-order valence-corrected chi connectivity index (χ4v) is 1.79. The summed E-state index contributed by atoms with van der Waals surface area (Å²) >= 11 is 1.10. The second-order valence-electron chi connectivity index (χ2n) is 3.18. The van der Waals surface area contributed by atoms with E-state index in [9.17, 15) is 4.79 Å². The minimum atomic E-state index is -0.441. The van der Waals surface area contributed by atoms with Crippen molar-refractivity contribution in [2.24, 2.45) is 0 Å². The highest BCUT2D eigenvalue weighted by molar-refractivity contribution is 7.10. The lowest BCUT2D eigenvalue weighted by Crippen LogP contribution is -2.20. The van der Waals surface area contributed by atoms with E-state index < -0.39 is 5.97 Å². The first kappa shape index (κ1) is 11.9. The molecule has 0 aliphatic carbocycles. The zero-order valence-corrected chi connectivity index (χ0v) is 9.76. The number of esters is 1. The maximum Gasteiger partial charge on any atom is 0.343 e. The van der Waals surface area contributed by atoms with Gasteiger partial charge in [-0.1, -0.05) is 0 Å². The molecule has 84 valence electrons. The molecule has 0 saturated carbocycles. The number of methoxy groups -OCH3 is 1. The Balaban J connectivity index is 2.69. The zero-order chi connectivity index (χ0) is 11.4. The lowest BCUT2D eigenvalue weighted by Gasteiger charge is -2.11. The van der Waals surface area contributed by atoms with Crippen molar-refractivity contribution in [2.75, 3.05) is 19.5 Å². The van der Waals surface area contributed by atoms with Crippen LogP contribution in [0.15, 0.2) is 0 Å². The molecule has 1 heterocycles. The van der Waals surface area contributed by atoms with E-state index in [1.165, 1.54) is 0 Å². The Bertz CT molecular complexity index is 332. The Morgan fingerprint density at radius 2 is 2.33 bits per heavy atom. The predicted molar refractivity (Wildman–Crippen MR) is 58.0 cm³/mol. The third-order valence-corrected chi connectivity index (χ3v) is 2.57. The van der Waals surface area contributed by atoms with Gasteiger partial charge in [-0.05, 0) is 25.4 Å². The van der Waals surface area contributed by atoms with Gasteiger partial charge in [0, 0.05) is 7.11 Å². The first-order valence-corrected chi connectivity index (χ1v) is 5.25. The van der Waals surface area contributed by atoms with Gasteiger partial charge in [-0.2, -0.15) is 4.37 Å². The number of anilines is 1. The zero-order valence-electron chi connectivity index (χ0n) is 8.94. The molecule has 0 saturated heterocycles. The number of aromatic nitrogens is 1. The maximum absolute atomic E-state index is 11.6. The average Bonchev–Trinajstić information content (AvgIpc) is 2.46. The highest BCUT2D eigenvalue weighted by Crippen LogP contribution is 2.21. The molecule has 0 fully saturated rings. The van der Waals surface area contributed by atoms with Gasteiger partial charge in [0.05, 0.1) is 12.3 Å². The van der Waals surface area contributed by atoms with E-state index in [0.29, 0.717) is 22.9 Å². The van der Waals surface area contributed by atoms with Crippen molar-refractivity contribution in [3.8, 4) is 0 Å². The number of rotatable bonds is 4. The molecular formula is C9H14N2O3S. The van der Waals surface area contributed by atoms with Crippen LogP contribution in [0.4, 0.5) is 5.00 Å². The van der Waals surface area contributed by atoms with Gasteiger partial charge in [0.25, 0.3) is 0 Å². The monoisotopic (exact) mass is 230 g/mol. The molecule has 6 heteroatoms. The Morgan fingerprint density at radius 3 is 2.80 bits per heavy atom. The number of nitrogens with zero attached hydrogens (tertiary/aromatic N) is 1. The van der Waals surface area contributed by atoms with Gasteiger partial charge in [-0.25, -0.2) is 4.79 Å². The fraction of sp³-hybridized carbons (Fsp3) is 0.556. The van der Waals surface area contributed by atoms with E-state index in [1.54, 1.807) is 21.0 Å². The molecule has 2 N–H and O–H groups in total. The van der Waals surface area contributed by atoms with E-state index in [1.807, 2.05) is 0 Å². The first-order valence-electron chi connectivity index (χ1n) is 4.48. The Morgan fingerprint density at radius 1 is 1.67 bits per heavy atom. The Labute approximate surface area is 92.4 Å². The largest absolute Gasteiger partial charge is 0.456 e. The molecule has 1 aromatic heterocycles.